The number of hydrogen-bond donors (Lipinski definition) is 4. The minimum Gasteiger partial charge on any atom is -0.462 e. The van der Waals surface area contributed by atoms with Gasteiger partial charge in [-0.05, 0) is 64.2 Å². The van der Waals surface area contributed by atoms with Gasteiger partial charge < -0.3 is 34.3 Å². The van der Waals surface area contributed by atoms with Crippen molar-refractivity contribution in [1.29, 1.82) is 0 Å². The first-order chi connectivity index (χ1) is 26.5. The second kappa shape index (κ2) is 33.1. The Kier molecular flexibility index (Phi) is 30.8. The summed E-state index contributed by atoms with van der Waals surface area (Å²) in [4.78, 5) is 25.3. The molecule has 0 bridgehead atoms. The zero-order valence-corrected chi connectivity index (χ0v) is 34.9. The number of unbranched alkanes of at least 4 members (excludes halogenated alkanes) is 19. The van der Waals surface area contributed by atoms with Crippen molar-refractivity contribution in [2.75, 3.05) is 19.0 Å². The van der Waals surface area contributed by atoms with Crippen molar-refractivity contribution in [2.24, 2.45) is 0 Å². The molecule has 1 aliphatic heterocycles. The number of aliphatic hydroxyl groups excluding tert-OH is 3. The fourth-order valence-corrected chi connectivity index (χ4v) is 7.06. The summed E-state index contributed by atoms with van der Waals surface area (Å²) >= 11 is 0. The molecule has 1 rings (SSSR count). The Morgan fingerprint density at radius 3 is 1.55 bits per heavy atom. The molecule has 322 valence electrons. The van der Waals surface area contributed by atoms with Crippen molar-refractivity contribution in [3.05, 3.63) is 24.3 Å². The van der Waals surface area contributed by atoms with E-state index in [9.17, 15) is 37.9 Å². The number of esters is 2. The molecule has 0 aliphatic carbocycles. The van der Waals surface area contributed by atoms with Gasteiger partial charge >= 0.3 is 11.9 Å². The first-order valence-corrected chi connectivity index (χ1v) is 23.0. The lowest BCUT2D eigenvalue weighted by molar-refractivity contribution is -0.297. The van der Waals surface area contributed by atoms with Gasteiger partial charge in [-0.3, -0.25) is 14.1 Å². The van der Waals surface area contributed by atoms with Crippen molar-refractivity contribution in [3.63, 3.8) is 0 Å². The number of ether oxygens (including phenoxy) is 4. The summed E-state index contributed by atoms with van der Waals surface area (Å²) in [6, 6.07) is 0. The molecule has 1 aliphatic rings. The van der Waals surface area contributed by atoms with E-state index in [4.69, 9.17) is 18.9 Å². The monoisotopic (exact) mass is 805 g/mol. The predicted octanol–water partition coefficient (Wildman–Crippen LogP) is 8.06. The quantitative estimate of drug-likeness (QED) is 0.0209. The van der Waals surface area contributed by atoms with E-state index >= 15 is 0 Å². The summed E-state index contributed by atoms with van der Waals surface area (Å²) in [7, 11) is -4.60. The molecule has 1 heterocycles. The highest BCUT2D eigenvalue weighted by atomic mass is 32.2. The molecular weight excluding hydrogens is 729 g/mol. The minimum atomic E-state index is -4.60. The fraction of sp³-hybridized carbons (Fsp3) is 0.857. The Labute approximate surface area is 332 Å². The minimum absolute atomic E-state index is 0.159. The van der Waals surface area contributed by atoms with Gasteiger partial charge in [0.15, 0.2) is 12.4 Å². The number of carbonyl (C=O) groups is 2. The zero-order valence-electron chi connectivity index (χ0n) is 34.0. The number of aliphatic hydroxyl groups is 3. The second-order valence-corrected chi connectivity index (χ2v) is 16.5. The Morgan fingerprint density at radius 2 is 1.04 bits per heavy atom. The third kappa shape index (κ3) is 28.2. The highest BCUT2D eigenvalue weighted by Gasteiger charge is 2.46. The Balaban J connectivity index is 2.48. The molecule has 12 nitrogen and oxygen atoms in total. The Hall–Kier alpha value is -1.87. The van der Waals surface area contributed by atoms with Gasteiger partial charge in [0, 0.05) is 12.8 Å². The summed E-state index contributed by atoms with van der Waals surface area (Å²) in [6.07, 6.45) is 25.1. The van der Waals surface area contributed by atoms with Crippen LogP contribution >= 0.6 is 0 Å². The maximum atomic E-state index is 12.8. The maximum Gasteiger partial charge on any atom is 0.306 e. The van der Waals surface area contributed by atoms with Gasteiger partial charge in [0.2, 0.25) is 0 Å². The molecule has 2 unspecified atom stereocenters. The smallest absolute Gasteiger partial charge is 0.306 e. The summed E-state index contributed by atoms with van der Waals surface area (Å²) in [5.74, 6) is -2.00. The maximum absolute atomic E-state index is 12.8. The Morgan fingerprint density at radius 1 is 0.600 bits per heavy atom. The van der Waals surface area contributed by atoms with Crippen LogP contribution < -0.4 is 0 Å². The van der Waals surface area contributed by atoms with Gasteiger partial charge in [0.05, 0.1) is 6.61 Å². The van der Waals surface area contributed by atoms with Gasteiger partial charge in [0.1, 0.15) is 36.8 Å². The third-order valence-electron chi connectivity index (χ3n) is 9.75. The van der Waals surface area contributed by atoms with Crippen LogP contribution in [0, 0.1) is 0 Å². The average molecular weight is 805 g/mol. The van der Waals surface area contributed by atoms with E-state index in [0.29, 0.717) is 12.8 Å². The van der Waals surface area contributed by atoms with E-state index < -0.39 is 71.2 Å². The van der Waals surface area contributed by atoms with Crippen molar-refractivity contribution in [2.45, 2.75) is 211 Å². The molecule has 1 fully saturated rings. The lowest BCUT2D eigenvalue weighted by Gasteiger charge is -2.40. The Bertz CT molecular complexity index is 1130. The molecule has 0 aromatic rings. The molecule has 0 amide bonds. The van der Waals surface area contributed by atoms with Crippen LogP contribution in [-0.4, -0.2) is 96.0 Å². The van der Waals surface area contributed by atoms with Crippen LogP contribution in [0.2, 0.25) is 0 Å². The van der Waals surface area contributed by atoms with Gasteiger partial charge in [-0.25, -0.2) is 0 Å². The van der Waals surface area contributed by atoms with Crippen LogP contribution in [-0.2, 0) is 38.7 Å². The van der Waals surface area contributed by atoms with Crippen molar-refractivity contribution < 1.29 is 56.8 Å². The van der Waals surface area contributed by atoms with E-state index in [-0.39, 0.29) is 19.4 Å². The van der Waals surface area contributed by atoms with Crippen LogP contribution in [0.3, 0.4) is 0 Å². The van der Waals surface area contributed by atoms with Gasteiger partial charge in [-0.2, -0.15) is 8.42 Å². The number of rotatable bonds is 35. The zero-order chi connectivity index (χ0) is 40.6. The fourth-order valence-electron chi connectivity index (χ4n) is 6.37. The molecule has 0 radical (unpaired) electrons. The van der Waals surface area contributed by atoms with Crippen LogP contribution in [0.15, 0.2) is 24.3 Å². The van der Waals surface area contributed by atoms with Gasteiger partial charge in [0.25, 0.3) is 10.1 Å². The summed E-state index contributed by atoms with van der Waals surface area (Å²) in [5.41, 5.74) is 0. The molecule has 0 aromatic carbocycles. The predicted molar refractivity (Wildman–Crippen MR) is 215 cm³/mol. The molecular formula is C42H76O12S. The van der Waals surface area contributed by atoms with Crippen molar-refractivity contribution in [1.82, 2.24) is 0 Å². The summed E-state index contributed by atoms with van der Waals surface area (Å²) < 4.78 is 53.9. The first kappa shape index (κ1) is 51.1. The van der Waals surface area contributed by atoms with Crippen LogP contribution in [0.1, 0.15) is 174 Å². The normalized spacial score (nSPS) is 21.0. The van der Waals surface area contributed by atoms with E-state index in [0.717, 1.165) is 70.6 Å². The molecule has 13 heteroatoms. The molecule has 0 spiro atoms. The summed E-state index contributed by atoms with van der Waals surface area (Å²) in [6.45, 7) is 3.70. The average Bonchev–Trinajstić information content (AvgIpc) is 3.14. The van der Waals surface area contributed by atoms with E-state index in [1.165, 1.54) is 64.2 Å². The molecule has 6 atom stereocenters. The van der Waals surface area contributed by atoms with Crippen LogP contribution in [0.25, 0.3) is 0 Å². The lowest BCUT2D eigenvalue weighted by Crippen LogP contribution is -2.60. The largest absolute Gasteiger partial charge is 0.462 e. The van der Waals surface area contributed by atoms with E-state index in [1.807, 2.05) is 0 Å². The second-order valence-electron chi connectivity index (χ2n) is 15.0. The number of allylic oxidation sites excluding steroid dienone is 4. The molecule has 0 saturated carbocycles. The van der Waals surface area contributed by atoms with Crippen molar-refractivity contribution >= 4 is 22.1 Å². The molecule has 0 aromatic heterocycles. The molecule has 4 N–H and O–H groups in total. The highest BCUT2D eigenvalue weighted by Crippen LogP contribution is 2.24. The topological polar surface area (TPSA) is 186 Å². The van der Waals surface area contributed by atoms with Crippen molar-refractivity contribution in [3.8, 4) is 0 Å². The van der Waals surface area contributed by atoms with Crippen LogP contribution in [0.4, 0.5) is 0 Å². The first-order valence-electron chi connectivity index (χ1n) is 21.4. The molecule has 1 saturated heterocycles. The van der Waals surface area contributed by atoms with Gasteiger partial charge in [-0.15, -0.1) is 0 Å². The highest BCUT2D eigenvalue weighted by molar-refractivity contribution is 7.85. The standard InChI is InChI=1S/C42H76O12S/c1-3-5-7-9-11-13-15-17-18-19-21-23-25-27-29-31-38(44)53-35(33-52-42-41(47)40(46)39(45)36(54-42)34-55(48,49)50)32-51-37(43)30-28-26-24-22-20-16-14-12-10-8-6-4-2/h12-15,35-36,39-42,45-47H,3-11,16-34H2,1-2H3,(H,48,49,50)/b14-12+,15-13+/t35-,36-,39-,40?,41?,42+/m1/s1. The third-order valence-corrected chi connectivity index (χ3v) is 10.5. The SMILES string of the molecule is CCCCC/C=C/CCCCCCCC(=O)OC[C@H](CO[C@H]1O[C@H](CS(=O)(=O)O)[C@@H](O)C(O)C1O)OC(=O)CCCCCCCCC/C=C/CCCCCC. The summed E-state index contributed by atoms with van der Waals surface area (Å²) in [5, 5.41) is 30.8. The van der Waals surface area contributed by atoms with Gasteiger partial charge in [-0.1, -0.05) is 122 Å². The lowest BCUT2D eigenvalue weighted by atomic mass is 10.00. The number of hydrogen-bond acceptors (Lipinski definition) is 11. The molecule has 55 heavy (non-hydrogen) atoms. The van der Waals surface area contributed by atoms with E-state index in [1.54, 1.807) is 0 Å². The number of carbonyl (C=O) groups excluding carboxylic acids is 2. The van der Waals surface area contributed by atoms with Crippen LogP contribution in [0.5, 0.6) is 0 Å². The van der Waals surface area contributed by atoms with E-state index in [2.05, 4.69) is 38.2 Å².